The predicted molar refractivity (Wildman–Crippen MR) is 66.7 cm³/mol. The van der Waals surface area contributed by atoms with Crippen molar-refractivity contribution in [2.24, 2.45) is 0 Å². The van der Waals surface area contributed by atoms with Crippen molar-refractivity contribution in [1.29, 1.82) is 0 Å². The number of ether oxygens (including phenoxy) is 1. The maximum Gasteiger partial charge on any atom is 0.573 e. The number of alkyl halides is 3. The Labute approximate surface area is 118 Å². The Bertz CT molecular complexity index is 513. The Balaban J connectivity index is 2.67. The van der Waals surface area contributed by atoms with E-state index in [2.05, 4.69) is 4.74 Å². The average Bonchev–Trinajstić information content (AvgIpc) is 2.37. The van der Waals surface area contributed by atoms with E-state index in [0.29, 0.717) is 5.56 Å². The van der Waals surface area contributed by atoms with Gasteiger partial charge in [0, 0.05) is 7.05 Å². The van der Waals surface area contributed by atoms with Gasteiger partial charge in [0.05, 0.1) is 6.42 Å². The third kappa shape index (κ3) is 5.33. The smallest absolute Gasteiger partial charge is 0.480 e. The average molecular weight is 305 g/mol. The Morgan fingerprint density at radius 1 is 1.29 bits per heavy atom. The summed E-state index contributed by atoms with van der Waals surface area (Å²) in [6.07, 6.45) is -4.88. The van der Waals surface area contributed by atoms with Crippen molar-refractivity contribution >= 4 is 11.9 Å². The molecule has 0 radical (unpaired) electrons. The number of carboxylic acid groups (broad SMARTS) is 1. The molecular weight excluding hydrogens is 291 g/mol. The third-order valence-electron chi connectivity index (χ3n) is 2.84. The van der Waals surface area contributed by atoms with Gasteiger partial charge in [-0.15, -0.1) is 13.2 Å². The molecule has 0 aliphatic rings. The van der Waals surface area contributed by atoms with E-state index in [1.54, 1.807) is 0 Å². The molecule has 0 aliphatic heterocycles. The van der Waals surface area contributed by atoms with Crippen LogP contribution in [0.25, 0.3) is 0 Å². The molecule has 1 aromatic rings. The Kier molecular flexibility index (Phi) is 5.17. The van der Waals surface area contributed by atoms with Gasteiger partial charge in [0.15, 0.2) is 0 Å². The van der Waals surface area contributed by atoms with Gasteiger partial charge in [-0.05, 0) is 24.6 Å². The highest BCUT2D eigenvalue weighted by molar-refractivity contribution is 5.84. The third-order valence-corrected chi connectivity index (χ3v) is 2.84. The van der Waals surface area contributed by atoms with Crippen LogP contribution in [0.4, 0.5) is 13.2 Å². The molecule has 0 bridgehead atoms. The molecule has 0 saturated carbocycles. The molecule has 1 N–H and O–H groups in total. The lowest BCUT2D eigenvalue weighted by molar-refractivity contribution is -0.274. The molecule has 0 saturated heterocycles. The second-order valence-corrected chi connectivity index (χ2v) is 4.39. The van der Waals surface area contributed by atoms with Gasteiger partial charge in [0.2, 0.25) is 5.91 Å². The summed E-state index contributed by atoms with van der Waals surface area (Å²) in [6.45, 7) is 1.36. The van der Waals surface area contributed by atoms with Gasteiger partial charge in [-0.1, -0.05) is 12.1 Å². The first kappa shape index (κ1) is 16.8. The highest BCUT2D eigenvalue weighted by atomic mass is 19.4. The van der Waals surface area contributed by atoms with E-state index in [1.807, 2.05) is 0 Å². The highest BCUT2D eigenvalue weighted by Crippen LogP contribution is 2.22. The van der Waals surface area contributed by atoms with Crippen LogP contribution in [0.2, 0.25) is 0 Å². The van der Waals surface area contributed by atoms with Gasteiger partial charge >= 0.3 is 12.3 Å². The first-order chi connectivity index (χ1) is 9.60. The topological polar surface area (TPSA) is 66.8 Å². The number of nitrogens with zero attached hydrogens (tertiary/aromatic N) is 1. The van der Waals surface area contributed by atoms with Crippen molar-refractivity contribution in [3.05, 3.63) is 29.8 Å². The van der Waals surface area contributed by atoms with Gasteiger partial charge in [-0.3, -0.25) is 4.79 Å². The van der Waals surface area contributed by atoms with Gasteiger partial charge in [-0.2, -0.15) is 0 Å². The van der Waals surface area contributed by atoms with Crippen LogP contribution in [0, 0.1) is 0 Å². The van der Waals surface area contributed by atoms with Gasteiger partial charge in [-0.25, -0.2) is 4.79 Å². The quantitative estimate of drug-likeness (QED) is 0.904. The number of amides is 1. The number of carbonyl (C=O) groups is 2. The van der Waals surface area contributed by atoms with E-state index in [9.17, 15) is 22.8 Å². The lowest BCUT2D eigenvalue weighted by Gasteiger charge is -2.21. The van der Waals surface area contributed by atoms with E-state index >= 15 is 0 Å². The van der Waals surface area contributed by atoms with Crippen LogP contribution >= 0.6 is 0 Å². The molecule has 5 nitrogen and oxygen atoms in total. The molecule has 0 aliphatic carbocycles. The SMILES string of the molecule is C[C@@H](C(=O)O)N(C)C(=O)Cc1ccc(OC(F)(F)F)cc1. The minimum Gasteiger partial charge on any atom is -0.480 e. The molecule has 21 heavy (non-hydrogen) atoms. The molecule has 0 unspecified atom stereocenters. The van der Waals surface area contributed by atoms with Gasteiger partial charge in [0.25, 0.3) is 0 Å². The maximum atomic E-state index is 12.0. The lowest BCUT2D eigenvalue weighted by atomic mass is 10.1. The summed E-state index contributed by atoms with van der Waals surface area (Å²) in [7, 11) is 1.35. The normalized spacial score (nSPS) is 12.6. The fraction of sp³-hybridized carbons (Fsp3) is 0.385. The molecule has 1 rings (SSSR count). The predicted octanol–water partition coefficient (Wildman–Crippen LogP) is 2.06. The van der Waals surface area contributed by atoms with Crippen LogP contribution in [0.1, 0.15) is 12.5 Å². The molecule has 0 aromatic heterocycles. The summed E-state index contributed by atoms with van der Waals surface area (Å²) in [5.74, 6) is -1.97. The van der Waals surface area contributed by atoms with Crippen molar-refractivity contribution in [2.45, 2.75) is 25.7 Å². The van der Waals surface area contributed by atoms with E-state index in [1.165, 1.54) is 26.1 Å². The lowest BCUT2D eigenvalue weighted by Crippen LogP contribution is -2.41. The summed E-state index contributed by atoms with van der Waals surface area (Å²) in [6, 6.07) is 3.84. The van der Waals surface area contributed by atoms with E-state index in [0.717, 1.165) is 17.0 Å². The number of rotatable bonds is 5. The van der Waals surface area contributed by atoms with Gasteiger partial charge < -0.3 is 14.7 Å². The van der Waals surface area contributed by atoms with Crippen LogP contribution in [0.15, 0.2) is 24.3 Å². The largest absolute Gasteiger partial charge is 0.573 e. The van der Waals surface area contributed by atoms with Crippen molar-refractivity contribution in [1.82, 2.24) is 4.90 Å². The summed E-state index contributed by atoms with van der Waals surface area (Å²) >= 11 is 0. The molecule has 1 amide bonds. The van der Waals surface area contributed by atoms with Crippen LogP contribution in [-0.4, -0.2) is 41.3 Å². The number of aliphatic carboxylic acids is 1. The zero-order valence-electron chi connectivity index (χ0n) is 11.3. The van der Waals surface area contributed by atoms with E-state index in [-0.39, 0.29) is 12.2 Å². The molecule has 0 heterocycles. The molecule has 116 valence electrons. The number of benzene rings is 1. The Hall–Kier alpha value is -2.25. The summed E-state index contributed by atoms with van der Waals surface area (Å²) in [4.78, 5) is 23.6. The van der Waals surface area contributed by atoms with Crippen LogP contribution in [0.5, 0.6) is 5.75 Å². The monoisotopic (exact) mass is 305 g/mol. The fourth-order valence-electron chi connectivity index (χ4n) is 1.49. The number of carbonyl (C=O) groups excluding carboxylic acids is 1. The molecule has 1 aromatic carbocycles. The number of hydrogen-bond donors (Lipinski definition) is 1. The van der Waals surface area contributed by atoms with Crippen LogP contribution in [-0.2, 0) is 16.0 Å². The molecule has 0 spiro atoms. The Morgan fingerprint density at radius 2 is 1.81 bits per heavy atom. The van der Waals surface area contributed by atoms with Crippen molar-refractivity contribution in [2.75, 3.05) is 7.05 Å². The number of hydrogen-bond acceptors (Lipinski definition) is 3. The van der Waals surface area contributed by atoms with Crippen molar-refractivity contribution < 1.29 is 32.6 Å². The van der Waals surface area contributed by atoms with Gasteiger partial charge in [0.1, 0.15) is 11.8 Å². The number of carboxylic acids is 1. The highest BCUT2D eigenvalue weighted by Gasteiger charge is 2.31. The number of halogens is 3. The molecule has 0 fully saturated rings. The zero-order chi connectivity index (χ0) is 16.2. The van der Waals surface area contributed by atoms with Crippen LogP contribution in [0.3, 0.4) is 0 Å². The first-order valence-electron chi connectivity index (χ1n) is 5.93. The summed E-state index contributed by atoms with van der Waals surface area (Å²) in [5, 5.41) is 8.79. The Morgan fingerprint density at radius 3 is 2.24 bits per heavy atom. The second-order valence-electron chi connectivity index (χ2n) is 4.39. The molecule has 1 atom stereocenters. The standard InChI is InChI=1S/C13H14F3NO4/c1-8(12(19)20)17(2)11(18)7-9-3-5-10(6-4-9)21-13(14,15)16/h3-6,8H,7H2,1-2H3,(H,19,20)/t8-/m0/s1. The summed E-state index contributed by atoms with van der Waals surface area (Å²) in [5.41, 5.74) is 0.457. The first-order valence-corrected chi connectivity index (χ1v) is 5.93. The summed E-state index contributed by atoms with van der Waals surface area (Å²) < 4.78 is 39.7. The second kappa shape index (κ2) is 6.47. The minimum absolute atomic E-state index is 0.111. The van der Waals surface area contributed by atoms with Crippen LogP contribution < -0.4 is 4.74 Å². The zero-order valence-corrected chi connectivity index (χ0v) is 11.3. The molecule has 8 heteroatoms. The fourth-order valence-corrected chi connectivity index (χ4v) is 1.49. The minimum atomic E-state index is -4.77. The van der Waals surface area contributed by atoms with E-state index < -0.39 is 24.3 Å². The maximum absolute atomic E-state index is 12.0. The van der Waals surface area contributed by atoms with E-state index in [4.69, 9.17) is 5.11 Å². The van der Waals surface area contributed by atoms with Crippen molar-refractivity contribution in [3.8, 4) is 5.75 Å². The van der Waals surface area contributed by atoms with Crippen molar-refractivity contribution in [3.63, 3.8) is 0 Å². The molecular formula is C13H14F3NO4. The number of likely N-dealkylation sites (N-methyl/N-ethyl adjacent to an activating group) is 1.